The zero-order chi connectivity index (χ0) is 89.4. The molecule has 0 bridgehead atoms. The van der Waals surface area contributed by atoms with E-state index in [0.29, 0.717) is 0 Å². The molecule has 0 aromatic heterocycles. The van der Waals surface area contributed by atoms with E-state index in [1.54, 1.807) is 14.9 Å². The van der Waals surface area contributed by atoms with E-state index in [0.717, 1.165) is 209 Å². The Labute approximate surface area is 756 Å². The van der Waals surface area contributed by atoms with Crippen LogP contribution in [0.25, 0.3) is 50.8 Å². The van der Waals surface area contributed by atoms with Crippen LogP contribution in [-0.4, -0.2) is 49.2 Å². The van der Waals surface area contributed by atoms with E-state index in [1.165, 1.54) is 236 Å². The normalized spacial score (nSPS) is 13.3. The Bertz CT molecular complexity index is 4210. The molecule has 6 aromatic rings. The third kappa shape index (κ3) is 30.2. The van der Waals surface area contributed by atoms with Gasteiger partial charge in [-0.2, -0.15) is 0 Å². The summed E-state index contributed by atoms with van der Waals surface area (Å²) in [7, 11) is 4.21. The van der Waals surface area contributed by atoms with Gasteiger partial charge >= 0.3 is 105 Å². The van der Waals surface area contributed by atoms with Crippen LogP contribution >= 0.6 is 0 Å². The van der Waals surface area contributed by atoms with Crippen LogP contribution in [0.4, 0.5) is 0 Å². The van der Waals surface area contributed by atoms with Gasteiger partial charge in [0.1, 0.15) is 0 Å². The number of benzene rings is 6. The van der Waals surface area contributed by atoms with E-state index in [2.05, 4.69) is 286 Å². The van der Waals surface area contributed by atoms with Gasteiger partial charge in [0.25, 0.3) is 0 Å². The summed E-state index contributed by atoms with van der Waals surface area (Å²) < 4.78 is 8.89. The zero-order valence-electron chi connectivity index (χ0n) is 81.8. The predicted molar refractivity (Wildman–Crippen MR) is 522 cm³/mol. The van der Waals surface area contributed by atoms with Crippen LogP contribution in [0.3, 0.4) is 0 Å². The molecule has 0 saturated carbocycles. The quantitative estimate of drug-likeness (QED) is 0.0217. The Kier molecular flexibility index (Phi) is 48.6. The van der Waals surface area contributed by atoms with E-state index < -0.39 is 0 Å². The molecule has 6 aromatic carbocycles. The molecule has 3 heterocycles. The average molecular weight is 1780 g/mol. The number of hydrogen-bond donors (Lipinski definition) is 0. The van der Waals surface area contributed by atoms with Crippen LogP contribution in [-0.2, 0) is 97.1 Å². The first-order chi connectivity index (χ1) is 58.2. The Balaban J connectivity index is 0.000000299. The Morgan fingerprint density at radius 2 is 0.471 bits per heavy atom. The maximum absolute atomic E-state index is 11.9. The topological polar surface area (TPSA) is 82.4 Å². The molecule has 0 aliphatic carbocycles. The number of rotatable bonds is 44. The number of aryl methyl sites for hydroxylation is 12. The summed E-state index contributed by atoms with van der Waals surface area (Å²) in [5.74, 6) is 0. The molecule has 0 spiro atoms. The van der Waals surface area contributed by atoms with Crippen LogP contribution in [0.15, 0.2) is 108 Å². The fourth-order valence-electron chi connectivity index (χ4n) is 17.5. The van der Waals surface area contributed by atoms with Gasteiger partial charge in [-0.3, -0.25) is 0 Å². The summed E-state index contributed by atoms with van der Waals surface area (Å²) >= 11 is 2.64. The molecule has 0 unspecified atom stereocenters. The third-order valence-electron chi connectivity index (χ3n) is 24.7. The number of nitrogens with zero attached hydrogens (tertiary/aromatic N) is 8. The minimum atomic E-state index is 0.903. The van der Waals surface area contributed by atoms with Crippen LogP contribution in [0.1, 0.15) is 392 Å². The molecule has 0 N–H and O–H groups in total. The standard InChI is InChI=1S/C37H54N2.2C32H44N2.2C3H8N.2C2H5.Ni.Pd/c1-8-15-18-19-31-26-36(32-22-27(11-4)34(20-16-9-2)28(12-5)23-32)39(38)37(31)33-24-29(13-6)35(21-17-10-3)30(14-7)25-33;2*1-8-11-14-26-21-31(27-17-22(4)29(15-12-9-2)23(5)18-27)34(33)32(26)28-19-24(6)30(16-13-10-3)25(7)20-28;2*1-3-4-2;2*1-2;;/h22-26H,8-21H2,1-7H3;2*17-21H,8-16H2,1-7H3;2*3H2,1-2H3;2*1H2,2H3;;/q;;;2*-1;;;+2;. The predicted octanol–water partition coefficient (Wildman–Crippen LogP) is 32.9. The molecule has 121 heavy (non-hydrogen) atoms. The first kappa shape index (κ1) is 105. The van der Waals surface area contributed by atoms with Gasteiger partial charge < -0.3 is 16.6 Å². The van der Waals surface area contributed by atoms with Crippen molar-refractivity contribution in [2.75, 3.05) is 27.2 Å². The van der Waals surface area contributed by atoms with Crippen molar-refractivity contribution in [3.05, 3.63) is 258 Å². The van der Waals surface area contributed by atoms with E-state index in [4.69, 9.17) is 0 Å². The van der Waals surface area contributed by atoms with E-state index >= 15 is 0 Å². The summed E-state index contributed by atoms with van der Waals surface area (Å²) in [6.45, 7) is 58.1. The van der Waals surface area contributed by atoms with Gasteiger partial charge in [-0.05, 0) is 370 Å². The Morgan fingerprint density at radius 3 is 0.694 bits per heavy atom. The van der Waals surface area contributed by atoms with Crippen molar-refractivity contribution in [3.63, 3.8) is 0 Å². The second-order valence-corrected chi connectivity index (χ2v) is 38.8. The van der Waals surface area contributed by atoms with Crippen molar-refractivity contribution >= 4 is 34.2 Å². The first-order valence-electron chi connectivity index (χ1n) is 48.2. The van der Waals surface area contributed by atoms with Gasteiger partial charge in [0.2, 0.25) is 34.2 Å². The molecule has 672 valence electrons. The first-order valence-corrected chi connectivity index (χ1v) is 51.3. The molecule has 10 heteroatoms. The molecule has 8 nitrogen and oxygen atoms in total. The number of hydrogen-bond acceptors (Lipinski definition) is 2. The molecule has 9 rings (SSSR count). The molecule has 0 atom stereocenters. The molecular weight excluding hydrogens is 1610 g/mol. The van der Waals surface area contributed by atoms with Gasteiger partial charge in [0, 0.05) is 68.3 Å². The fourth-order valence-corrected chi connectivity index (χ4v) is 19.2. The summed E-state index contributed by atoms with van der Waals surface area (Å²) in [5.41, 5.74) is 76.5. The van der Waals surface area contributed by atoms with Gasteiger partial charge in [-0.25, -0.2) is 14.1 Å². The molecule has 0 radical (unpaired) electrons. The second kappa shape index (κ2) is 55.9. The van der Waals surface area contributed by atoms with Crippen LogP contribution in [0, 0.1) is 55.4 Å². The van der Waals surface area contributed by atoms with Gasteiger partial charge in [0.15, 0.2) is 0 Å². The Hall–Kier alpha value is -6.36. The van der Waals surface area contributed by atoms with Crippen molar-refractivity contribution in [2.24, 2.45) is 0 Å². The maximum atomic E-state index is 11.9. The number of allylic oxidation sites excluding steroid dienone is 6. The average Bonchev–Trinajstić information content (AvgIpc) is 1.63. The van der Waals surface area contributed by atoms with Crippen molar-refractivity contribution < 1.29 is 46.9 Å². The minimum absolute atomic E-state index is 0.903. The molecule has 0 fully saturated rings. The van der Waals surface area contributed by atoms with Crippen LogP contribution in [0.2, 0.25) is 9.79 Å². The monoisotopic (exact) mass is 1780 g/mol. The van der Waals surface area contributed by atoms with Crippen LogP contribution in [0.5, 0.6) is 0 Å². The van der Waals surface area contributed by atoms with Crippen molar-refractivity contribution in [3.8, 4) is 0 Å². The Morgan fingerprint density at radius 1 is 0.264 bits per heavy atom. The van der Waals surface area contributed by atoms with Gasteiger partial charge in [-0.1, -0.05) is 154 Å². The molecule has 0 amide bonds. The number of unbranched alkanes of at least 4 members (excludes halogenated alkanes) is 10. The van der Waals surface area contributed by atoms with Gasteiger partial charge in [-0.15, -0.1) is 0 Å². The van der Waals surface area contributed by atoms with E-state index in [1.807, 2.05) is 0 Å². The van der Waals surface area contributed by atoms with Crippen LogP contribution < -0.4 is 0 Å². The van der Waals surface area contributed by atoms with Crippen molar-refractivity contribution in [2.45, 2.75) is 388 Å². The molecule has 3 aliphatic rings. The second-order valence-electron chi connectivity index (χ2n) is 34.2. The molecule has 3 aliphatic heterocycles. The summed E-state index contributed by atoms with van der Waals surface area (Å²) in [6, 6.07) is 27.6. The summed E-state index contributed by atoms with van der Waals surface area (Å²) in [5, 5.41) is 0. The third-order valence-corrected chi connectivity index (χ3v) is 27.6. The van der Waals surface area contributed by atoms with Crippen molar-refractivity contribution in [1.82, 2.24) is 7.96 Å². The SMILES string of the molecule is CCCCC1=C(c2cc(C)c(CCCC)c(C)c2)[N+](=[N-])C(c2cc(C)c(CCCC)c(C)c2)=C1.CCCCC1=C(c2cc(C)c(CCCC)c(C)c2)[N+](=[N-])C(c2cc(C)c(CCCC)c(C)c2)=C1.CCCCCC1=C(c2cc(CC)c(CCCC)c(CC)c2)[N+](=[N-])C(c2cc(CC)c(CCCC)c(CC)c2)=C1.CC[N](C)[Ni][N](C)CC.C[CH2][Pd][CH2]C. The fraction of sp³-hybridized carbons (Fsp3) is 0.568. The molecule has 0 saturated heterocycles. The zero-order valence-corrected chi connectivity index (χ0v) is 84.4. The van der Waals surface area contributed by atoms with E-state index in [9.17, 15) is 16.6 Å². The van der Waals surface area contributed by atoms with Crippen molar-refractivity contribution in [1.29, 1.82) is 0 Å². The van der Waals surface area contributed by atoms with E-state index in [-0.39, 0.29) is 0 Å². The summed E-state index contributed by atoms with van der Waals surface area (Å²) in [6.07, 6.45) is 43.3. The molecular formula is C111H168N8NiPd. The van der Waals surface area contributed by atoms with Gasteiger partial charge in [0.05, 0.1) is 0 Å². The summed E-state index contributed by atoms with van der Waals surface area (Å²) in [4.78, 5) is 2.79.